The normalized spacial score (nSPS) is 19.3. The number of urea groups is 1. The predicted molar refractivity (Wildman–Crippen MR) is 133 cm³/mol. The van der Waals surface area contributed by atoms with E-state index in [2.05, 4.69) is 16.4 Å². The summed E-state index contributed by atoms with van der Waals surface area (Å²) < 4.78 is 19.0. The van der Waals surface area contributed by atoms with Gasteiger partial charge in [-0.15, -0.1) is 0 Å². The number of aromatic amines is 1. The Morgan fingerprint density at radius 1 is 1.11 bits per heavy atom. The zero-order valence-electron chi connectivity index (χ0n) is 20.1. The number of hydrogen-bond acceptors (Lipinski definition) is 3. The molecular formula is C28H32FN3O3. The quantitative estimate of drug-likeness (QED) is 0.469. The van der Waals surface area contributed by atoms with Gasteiger partial charge in [-0.2, -0.15) is 0 Å². The predicted octanol–water partition coefficient (Wildman–Crippen LogP) is 5.62. The van der Waals surface area contributed by atoms with E-state index in [1.165, 1.54) is 17.7 Å². The number of fused-ring (bicyclic) bond motifs is 3. The van der Waals surface area contributed by atoms with Crippen molar-refractivity contribution >= 4 is 22.9 Å². The summed E-state index contributed by atoms with van der Waals surface area (Å²) in [5, 5.41) is 4.42. The van der Waals surface area contributed by atoms with Gasteiger partial charge in [-0.1, -0.05) is 49.6 Å². The zero-order chi connectivity index (χ0) is 24.4. The molecule has 2 amide bonds. The molecule has 184 valence electrons. The summed E-state index contributed by atoms with van der Waals surface area (Å²) in [6.45, 7) is 2.64. The number of carbonyl (C=O) groups is 2. The second-order valence-electron chi connectivity index (χ2n) is 9.71. The van der Waals surface area contributed by atoms with Crippen LogP contribution in [0, 0.1) is 5.82 Å². The van der Waals surface area contributed by atoms with Gasteiger partial charge in [0.15, 0.2) is 0 Å². The number of carbonyl (C=O) groups excluding carboxylic acids is 2. The summed E-state index contributed by atoms with van der Waals surface area (Å²) >= 11 is 0. The number of nitrogens with one attached hydrogen (secondary N) is 2. The lowest BCUT2D eigenvalue weighted by Gasteiger charge is -2.42. The second-order valence-corrected chi connectivity index (χ2v) is 9.71. The van der Waals surface area contributed by atoms with Gasteiger partial charge in [0.2, 0.25) is 0 Å². The van der Waals surface area contributed by atoms with E-state index in [-0.39, 0.29) is 30.3 Å². The maximum absolute atomic E-state index is 13.9. The first-order valence-electron chi connectivity index (χ1n) is 12.6. The van der Waals surface area contributed by atoms with Gasteiger partial charge in [-0.25, -0.2) is 9.18 Å². The standard InChI is InChI=1S/C28H32FN3O3/c1-2-35-24(33)18-28(15-6-3-7-16-28)31-27(34)32-17-14-22-21-8-4-5-9-23(21)30-25(22)26(32)19-10-12-20(29)13-11-19/h4-5,8-13,26,30H,2-3,6-7,14-18H2,1H3,(H,31,34)/t26-/m1/s1. The lowest BCUT2D eigenvalue weighted by atomic mass is 9.79. The Morgan fingerprint density at radius 3 is 2.60 bits per heavy atom. The molecule has 0 radical (unpaired) electrons. The maximum Gasteiger partial charge on any atom is 0.318 e. The highest BCUT2D eigenvalue weighted by atomic mass is 19.1. The van der Waals surface area contributed by atoms with Crippen LogP contribution in [0.15, 0.2) is 48.5 Å². The fraction of sp³-hybridized carbons (Fsp3) is 0.429. The second kappa shape index (κ2) is 9.72. The smallest absolute Gasteiger partial charge is 0.318 e. The number of halogens is 1. The molecule has 2 aliphatic rings. The molecular weight excluding hydrogens is 445 g/mol. The van der Waals surface area contributed by atoms with Crippen LogP contribution >= 0.6 is 0 Å². The van der Waals surface area contributed by atoms with E-state index in [9.17, 15) is 14.0 Å². The molecule has 2 heterocycles. The van der Waals surface area contributed by atoms with Crippen molar-refractivity contribution in [2.24, 2.45) is 0 Å². The number of ether oxygens (including phenoxy) is 1. The molecule has 1 aliphatic heterocycles. The highest BCUT2D eigenvalue weighted by Gasteiger charge is 2.40. The van der Waals surface area contributed by atoms with Crippen LogP contribution in [0.1, 0.15) is 68.3 Å². The number of rotatable bonds is 5. The molecule has 1 atom stereocenters. The number of amides is 2. The van der Waals surface area contributed by atoms with Crippen LogP contribution in [0.2, 0.25) is 0 Å². The van der Waals surface area contributed by atoms with Crippen LogP contribution in [0.3, 0.4) is 0 Å². The van der Waals surface area contributed by atoms with Crippen LogP contribution in [-0.2, 0) is 16.0 Å². The van der Waals surface area contributed by atoms with Crippen molar-refractivity contribution in [3.05, 3.63) is 71.2 Å². The Labute approximate surface area is 204 Å². The van der Waals surface area contributed by atoms with Gasteiger partial charge in [-0.3, -0.25) is 4.79 Å². The van der Waals surface area contributed by atoms with Gasteiger partial charge in [0, 0.05) is 23.1 Å². The SMILES string of the molecule is CCOC(=O)CC1(NC(=O)N2CCc3c([nH]c4ccccc34)[C@H]2c2ccc(F)cc2)CCCCC1. The summed E-state index contributed by atoms with van der Waals surface area (Å²) in [6.07, 6.45) is 5.43. The van der Waals surface area contributed by atoms with Crippen molar-refractivity contribution in [1.82, 2.24) is 15.2 Å². The van der Waals surface area contributed by atoms with Gasteiger partial charge in [-0.05, 0) is 55.5 Å². The first-order valence-corrected chi connectivity index (χ1v) is 12.6. The lowest BCUT2D eigenvalue weighted by Crippen LogP contribution is -2.56. The van der Waals surface area contributed by atoms with Gasteiger partial charge >= 0.3 is 12.0 Å². The van der Waals surface area contributed by atoms with Crippen molar-refractivity contribution in [3.8, 4) is 0 Å². The summed E-state index contributed by atoms with van der Waals surface area (Å²) in [6, 6.07) is 13.9. The molecule has 0 bridgehead atoms. The fourth-order valence-electron chi connectivity index (χ4n) is 5.81. The number of esters is 1. The van der Waals surface area contributed by atoms with Crippen LogP contribution < -0.4 is 5.32 Å². The maximum atomic E-state index is 13.9. The minimum Gasteiger partial charge on any atom is -0.466 e. The fourth-order valence-corrected chi connectivity index (χ4v) is 5.81. The monoisotopic (exact) mass is 477 g/mol. The Balaban J connectivity index is 1.50. The molecule has 1 aromatic heterocycles. The third kappa shape index (κ3) is 4.64. The van der Waals surface area contributed by atoms with E-state index in [1.54, 1.807) is 19.1 Å². The van der Waals surface area contributed by atoms with E-state index in [1.807, 2.05) is 23.1 Å². The molecule has 0 saturated heterocycles. The van der Waals surface area contributed by atoms with E-state index >= 15 is 0 Å². The third-order valence-electron chi connectivity index (χ3n) is 7.45. The third-order valence-corrected chi connectivity index (χ3v) is 7.45. The van der Waals surface area contributed by atoms with E-state index in [0.717, 1.165) is 60.7 Å². The molecule has 2 aromatic carbocycles. The summed E-state index contributed by atoms with van der Waals surface area (Å²) in [5.41, 5.74) is 3.42. The van der Waals surface area contributed by atoms with Gasteiger partial charge in [0.05, 0.1) is 24.6 Å². The van der Waals surface area contributed by atoms with Crippen LogP contribution in [0.4, 0.5) is 9.18 Å². The lowest BCUT2D eigenvalue weighted by molar-refractivity contribution is -0.145. The number of aromatic nitrogens is 1. The number of benzene rings is 2. The first-order chi connectivity index (χ1) is 17.0. The molecule has 35 heavy (non-hydrogen) atoms. The Morgan fingerprint density at radius 2 is 1.86 bits per heavy atom. The van der Waals surface area contributed by atoms with Crippen molar-refractivity contribution in [2.45, 2.75) is 63.5 Å². The molecule has 2 N–H and O–H groups in total. The molecule has 1 fully saturated rings. The highest BCUT2D eigenvalue weighted by molar-refractivity contribution is 5.86. The van der Waals surface area contributed by atoms with Crippen LogP contribution in [0.5, 0.6) is 0 Å². The van der Waals surface area contributed by atoms with Gasteiger partial charge < -0.3 is 19.9 Å². The van der Waals surface area contributed by atoms with E-state index in [0.29, 0.717) is 13.2 Å². The van der Waals surface area contributed by atoms with E-state index in [4.69, 9.17) is 4.74 Å². The topological polar surface area (TPSA) is 74.4 Å². The largest absolute Gasteiger partial charge is 0.466 e. The molecule has 5 rings (SSSR count). The van der Waals surface area contributed by atoms with Crippen molar-refractivity contribution in [3.63, 3.8) is 0 Å². The van der Waals surface area contributed by atoms with Crippen molar-refractivity contribution < 1.29 is 18.7 Å². The molecule has 6 nitrogen and oxygen atoms in total. The molecule has 7 heteroatoms. The number of hydrogen-bond donors (Lipinski definition) is 2. The van der Waals surface area contributed by atoms with Crippen LogP contribution in [0.25, 0.3) is 10.9 Å². The zero-order valence-corrected chi connectivity index (χ0v) is 20.1. The number of nitrogens with zero attached hydrogens (tertiary/aromatic N) is 1. The molecule has 0 unspecified atom stereocenters. The van der Waals surface area contributed by atoms with Crippen molar-refractivity contribution in [1.29, 1.82) is 0 Å². The number of para-hydroxylation sites is 1. The number of H-pyrrole nitrogens is 1. The summed E-state index contributed by atoms with van der Waals surface area (Å²) in [4.78, 5) is 31.7. The van der Waals surface area contributed by atoms with E-state index < -0.39 is 5.54 Å². The minimum absolute atomic E-state index is 0.180. The van der Waals surface area contributed by atoms with Gasteiger partial charge in [0.25, 0.3) is 0 Å². The Bertz CT molecular complexity index is 1210. The molecule has 0 spiro atoms. The first kappa shape index (κ1) is 23.4. The summed E-state index contributed by atoms with van der Waals surface area (Å²) in [7, 11) is 0. The average Bonchev–Trinajstić information content (AvgIpc) is 3.23. The van der Waals surface area contributed by atoms with Crippen molar-refractivity contribution in [2.75, 3.05) is 13.2 Å². The minimum atomic E-state index is -0.602. The molecule has 1 aliphatic carbocycles. The average molecular weight is 478 g/mol. The highest BCUT2D eigenvalue weighted by Crippen LogP contribution is 2.39. The Kier molecular flexibility index (Phi) is 6.50. The summed E-state index contributed by atoms with van der Waals surface area (Å²) in [5.74, 6) is -0.589. The van der Waals surface area contributed by atoms with Crippen LogP contribution in [-0.4, -0.2) is 40.6 Å². The Hall–Kier alpha value is -3.35. The molecule has 1 saturated carbocycles. The van der Waals surface area contributed by atoms with Gasteiger partial charge in [0.1, 0.15) is 5.82 Å². The molecule has 3 aromatic rings.